The van der Waals surface area contributed by atoms with E-state index in [4.69, 9.17) is 4.42 Å². The SMILES string of the molecule is c1ccc([Si]2(c3cccc(N(c4ccc(-c5ccc6c(c5)[Si](c5ccccc5)(c5ccccc5)c5ccccc5-6)cc4)c4ccc5oc6ccccc6c5c4)c3)c3ccccc3-c3ccccc32)cc1. The molecule has 0 spiro atoms. The smallest absolute Gasteiger partial charge is 0.180 e. The maximum absolute atomic E-state index is 6.39. The molecule has 4 heteroatoms. The number of fused-ring (bicyclic) bond motifs is 9. The van der Waals surface area contributed by atoms with Crippen molar-refractivity contribution in [1.82, 2.24) is 0 Å². The Morgan fingerprint density at radius 2 is 0.700 bits per heavy atom. The second-order valence-electron chi connectivity index (χ2n) is 18.7. The van der Waals surface area contributed by atoms with Crippen molar-refractivity contribution in [3.8, 4) is 33.4 Å². The minimum atomic E-state index is -2.76. The average Bonchev–Trinajstić information content (AvgIpc) is 4.07. The van der Waals surface area contributed by atoms with E-state index in [9.17, 15) is 0 Å². The van der Waals surface area contributed by atoms with Gasteiger partial charge in [-0.2, -0.15) is 0 Å². The first-order chi connectivity index (χ1) is 34.7. The van der Waals surface area contributed by atoms with E-state index in [1.807, 2.05) is 6.07 Å². The Hall–Kier alpha value is -8.55. The van der Waals surface area contributed by atoms with Crippen LogP contribution in [-0.2, 0) is 0 Å². The van der Waals surface area contributed by atoms with Gasteiger partial charge < -0.3 is 9.32 Å². The van der Waals surface area contributed by atoms with Crippen molar-refractivity contribution < 1.29 is 4.42 Å². The molecule has 0 aliphatic carbocycles. The van der Waals surface area contributed by atoms with Gasteiger partial charge in [0.05, 0.1) is 0 Å². The van der Waals surface area contributed by atoms with Crippen molar-refractivity contribution in [2.75, 3.05) is 4.90 Å². The first kappa shape index (κ1) is 40.5. The van der Waals surface area contributed by atoms with Gasteiger partial charge in [-0.25, -0.2) is 0 Å². The van der Waals surface area contributed by atoms with Crippen LogP contribution >= 0.6 is 0 Å². The number of hydrogen-bond donors (Lipinski definition) is 0. The van der Waals surface area contributed by atoms with E-state index in [1.54, 1.807) is 0 Å². The third-order valence-corrected chi connectivity index (χ3v) is 25.0. The lowest BCUT2D eigenvalue weighted by Gasteiger charge is -2.33. The topological polar surface area (TPSA) is 16.4 Å². The molecule has 2 aliphatic heterocycles. The molecular formula is C66H45NOSi2. The molecule has 0 N–H and O–H groups in total. The molecular weight excluding hydrogens is 879 g/mol. The summed E-state index contributed by atoms with van der Waals surface area (Å²) in [5.74, 6) is 0. The lowest BCUT2D eigenvalue weighted by atomic mass is 10.00. The molecule has 14 rings (SSSR count). The first-order valence-corrected chi connectivity index (χ1v) is 28.2. The fraction of sp³-hybridized carbons (Fsp3) is 0. The number of hydrogen-bond acceptors (Lipinski definition) is 2. The summed E-state index contributed by atoms with van der Waals surface area (Å²) in [6, 6.07) is 102. The van der Waals surface area contributed by atoms with Crippen molar-refractivity contribution in [3.05, 3.63) is 273 Å². The highest BCUT2D eigenvalue weighted by atomic mass is 28.3. The van der Waals surface area contributed by atoms with E-state index in [1.165, 1.54) is 74.9 Å². The lowest BCUT2D eigenvalue weighted by Crippen LogP contribution is -2.72. The summed E-state index contributed by atoms with van der Waals surface area (Å²) in [5, 5.41) is 13.5. The number of rotatable bonds is 8. The standard InChI is InChI=1S/C66H45NOSi2/c1-4-20-51(21-5-1)69(52-22-6-2-7-23-52)63-32-15-13-30-58(63)59-41-37-47(43-66(59)69)46-35-38-48(39-36-46)67(50-40-42-62-60(45-50)55-27-10-14-31-61(55)68-62)49-19-18-26-54(44-49)70(53-24-8-3-9-25-53)64-33-16-11-28-56(64)57-29-12-17-34-65(57)70/h1-45H. The molecule has 0 saturated carbocycles. The first-order valence-electron chi connectivity index (χ1n) is 24.2. The van der Waals surface area contributed by atoms with E-state index in [2.05, 4.69) is 272 Å². The molecule has 0 amide bonds. The fourth-order valence-electron chi connectivity index (χ4n) is 12.3. The van der Waals surface area contributed by atoms with E-state index in [0.29, 0.717) is 0 Å². The minimum Gasteiger partial charge on any atom is -0.456 e. The number of nitrogens with zero attached hydrogens (tertiary/aromatic N) is 1. The Morgan fingerprint density at radius 1 is 0.257 bits per heavy atom. The summed E-state index contributed by atoms with van der Waals surface area (Å²) in [7, 11) is -5.41. The molecule has 1 aromatic heterocycles. The van der Waals surface area contributed by atoms with Gasteiger partial charge >= 0.3 is 0 Å². The van der Waals surface area contributed by atoms with Crippen LogP contribution in [0.2, 0.25) is 0 Å². The zero-order valence-corrected chi connectivity index (χ0v) is 40.3. The summed E-state index contributed by atoms with van der Waals surface area (Å²) in [6.45, 7) is 0. The molecule has 11 aromatic carbocycles. The van der Waals surface area contributed by atoms with Crippen molar-refractivity contribution in [2.24, 2.45) is 0 Å². The van der Waals surface area contributed by atoms with Crippen LogP contribution in [0, 0.1) is 0 Å². The van der Waals surface area contributed by atoms with Crippen LogP contribution < -0.4 is 46.4 Å². The van der Waals surface area contributed by atoms with Crippen molar-refractivity contribution in [2.45, 2.75) is 0 Å². The number of benzene rings is 11. The van der Waals surface area contributed by atoms with Gasteiger partial charge in [-0.05, 0) is 123 Å². The summed E-state index contributed by atoms with van der Waals surface area (Å²) < 4.78 is 6.39. The maximum Gasteiger partial charge on any atom is 0.180 e. The quantitative estimate of drug-likeness (QED) is 0.141. The molecule has 0 bridgehead atoms. The Balaban J connectivity index is 0.946. The summed E-state index contributed by atoms with van der Waals surface area (Å²) >= 11 is 0. The molecule has 70 heavy (non-hydrogen) atoms. The summed E-state index contributed by atoms with van der Waals surface area (Å²) in [5.41, 5.74) is 12.8. The van der Waals surface area contributed by atoms with Gasteiger partial charge in [-0.3, -0.25) is 0 Å². The minimum absolute atomic E-state index is 0.882. The number of para-hydroxylation sites is 1. The van der Waals surface area contributed by atoms with Crippen molar-refractivity contribution >= 4 is 96.6 Å². The van der Waals surface area contributed by atoms with Crippen LogP contribution in [0.15, 0.2) is 277 Å². The van der Waals surface area contributed by atoms with Crippen LogP contribution in [0.4, 0.5) is 17.1 Å². The molecule has 328 valence electrons. The van der Waals surface area contributed by atoms with Gasteiger partial charge in [0.1, 0.15) is 11.2 Å². The highest BCUT2D eigenvalue weighted by Gasteiger charge is 2.50. The Kier molecular flexibility index (Phi) is 9.28. The summed E-state index contributed by atoms with van der Waals surface area (Å²) in [4.78, 5) is 2.44. The van der Waals surface area contributed by atoms with E-state index < -0.39 is 16.1 Å². The van der Waals surface area contributed by atoms with Gasteiger partial charge in [0.15, 0.2) is 16.1 Å². The second-order valence-corrected chi connectivity index (χ2v) is 26.2. The predicted octanol–water partition coefficient (Wildman–Crippen LogP) is 11.4. The number of anilines is 3. The van der Waals surface area contributed by atoms with Gasteiger partial charge in [-0.1, -0.05) is 224 Å². The summed E-state index contributed by atoms with van der Waals surface area (Å²) in [6.07, 6.45) is 0. The molecule has 12 aromatic rings. The fourth-order valence-corrected chi connectivity index (χ4v) is 22.7. The monoisotopic (exact) mass is 923 g/mol. The normalized spacial score (nSPS) is 13.7. The average molecular weight is 924 g/mol. The van der Waals surface area contributed by atoms with E-state index in [0.717, 1.165) is 39.0 Å². The largest absolute Gasteiger partial charge is 0.456 e. The Bertz CT molecular complexity index is 3870. The molecule has 2 aliphatic rings. The van der Waals surface area contributed by atoms with Crippen molar-refractivity contribution in [3.63, 3.8) is 0 Å². The van der Waals surface area contributed by atoms with Crippen molar-refractivity contribution in [1.29, 1.82) is 0 Å². The van der Waals surface area contributed by atoms with Crippen LogP contribution in [0.1, 0.15) is 0 Å². The zero-order chi connectivity index (χ0) is 46.2. The Morgan fingerprint density at radius 3 is 1.30 bits per heavy atom. The van der Waals surface area contributed by atoms with Gasteiger partial charge in [0.2, 0.25) is 0 Å². The van der Waals surface area contributed by atoms with E-state index in [-0.39, 0.29) is 0 Å². The van der Waals surface area contributed by atoms with E-state index >= 15 is 0 Å². The zero-order valence-electron chi connectivity index (χ0n) is 38.3. The van der Waals surface area contributed by atoms with Gasteiger partial charge in [-0.15, -0.1) is 0 Å². The highest BCUT2D eigenvalue weighted by molar-refractivity contribution is 7.23. The molecule has 0 atom stereocenters. The number of furan rings is 1. The highest BCUT2D eigenvalue weighted by Crippen LogP contribution is 2.40. The van der Waals surface area contributed by atoms with Crippen LogP contribution in [0.3, 0.4) is 0 Å². The molecule has 0 saturated heterocycles. The Labute approximate surface area is 410 Å². The van der Waals surface area contributed by atoms with Crippen LogP contribution in [0.5, 0.6) is 0 Å². The second kappa shape index (κ2) is 16.0. The molecule has 2 nitrogen and oxygen atoms in total. The van der Waals surface area contributed by atoms with Gasteiger partial charge in [0.25, 0.3) is 0 Å². The molecule has 3 heterocycles. The van der Waals surface area contributed by atoms with Gasteiger partial charge in [0, 0.05) is 27.8 Å². The predicted molar refractivity (Wildman–Crippen MR) is 299 cm³/mol. The maximum atomic E-state index is 6.39. The molecule has 0 fully saturated rings. The van der Waals surface area contributed by atoms with Crippen LogP contribution in [0.25, 0.3) is 55.3 Å². The molecule has 0 radical (unpaired) electrons. The molecule has 0 unspecified atom stereocenters. The third kappa shape index (κ3) is 5.91. The van der Waals surface area contributed by atoms with Crippen LogP contribution in [-0.4, -0.2) is 16.1 Å². The third-order valence-electron chi connectivity index (χ3n) is 15.2. The lowest BCUT2D eigenvalue weighted by molar-refractivity contribution is 0.669.